The molecule has 2 aliphatic rings. The molecule has 2 heterocycles. The van der Waals surface area contributed by atoms with Gasteiger partial charge in [-0.05, 0) is 68.7 Å². The van der Waals surface area contributed by atoms with E-state index in [0.29, 0.717) is 16.9 Å². The molecule has 4 rings (SSSR count). The van der Waals surface area contributed by atoms with Crippen molar-refractivity contribution in [2.45, 2.75) is 44.2 Å². The number of sulfonamides is 1. The van der Waals surface area contributed by atoms with E-state index in [1.54, 1.807) is 25.1 Å². The standard InChI is InChI=1S/C22H25FN2O4S/c1-15-11-19(6-7-20(15)23)30(27,28)25-13-18-12-17(22(26)24-9-3-4-10-24)5-8-21(18)29-14-16(25)2/h5-8,11-12,16H,3-4,9-10,13-14H2,1-2H3. The van der Waals surface area contributed by atoms with E-state index < -0.39 is 21.9 Å². The third kappa shape index (κ3) is 3.81. The molecule has 2 aliphatic heterocycles. The molecule has 1 atom stereocenters. The van der Waals surface area contributed by atoms with Gasteiger partial charge in [-0.2, -0.15) is 4.31 Å². The van der Waals surface area contributed by atoms with Crippen LogP contribution in [-0.4, -0.2) is 49.3 Å². The number of aryl methyl sites for hydroxylation is 1. The van der Waals surface area contributed by atoms with E-state index in [2.05, 4.69) is 0 Å². The number of amides is 1. The Morgan fingerprint density at radius 2 is 1.87 bits per heavy atom. The van der Waals surface area contributed by atoms with Crippen LogP contribution in [0.2, 0.25) is 0 Å². The number of halogens is 1. The van der Waals surface area contributed by atoms with E-state index in [4.69, 9.17) is 4.74 Å². The van der Waals surface area contributed by atoms with Crippen LogP contribution in [0.3, 0.4) is 0 Å². The summed E-state index contributed by atoms with van der Waals surface area (Å²) in [6.45, 7) is 5.06. The number of carbonyl (C=O) groups excluding carboxylic acids is 1. The number of ether oxygens (including phenoxy) is 1. The molecule has 0 N–H and O–H groups in total. The number of benzene rings is 2. The van der Waals surface area contributed by atoms with Gasteiger partial charge in [-0.15, -0.1) is 0 Å². The van der Waals surface area contributed by atoms with E-state index in [0.717, 1.165) is 25.9 Å². The van der Waals surface area contributed by atoms with Crippen molar-refractivity contribution in [2.24, 2.45) is 0 Å². The zero-order chi connectivity index (χ0) is 21.5. The summed E-state index contributed by atoms with van der Waals surface area (Å²) in [5.41, 5.74) is 1.45. The lowest BCUT2D eigenvalue weighted by Crippen LogP contribution is -2.39. The van der Waals surface area contributed by atoms with Gasteiger partial charge in [0.25, 0.3) is 5.91 Å². The molecule has 1 fully saturated rings. The first kappa shape index (κ1) is 20.8. The van der Waals surface area contributed by atoms with Crippen molar-refractivity contribution in [3.8, 4) is 5.75 Å². The van der Waals surface area contributed by atoms with Crippen LogP contribution in [0.25, 0.3) is 0 Å². The molecule has 0 spiro atoms. The minimum Gasteiger partial charge on any atom is -0.492 e. The van der Waals surface area contributed by atoms with E-state index in [1.165, 1.54) is 29.4 Å². The smallest absolute Gasteiger partial charge is 0.253 e. The Morgan fingerprint density at radius 3 is 2.57 bits per heavy atom. The van der Waals surface area contributed by atoms with Crippen LogP contribution >= 0.6 is 0 Å². The Balaban J connectivity index is 1.67. The molecule has 0 radical (unpaired) electrons. The molecule has 1 saturated heterocycles. The van der Waals surface area contributed by atoms with Gasteiger partial charge in [0.05, 0.1) is 10.9 Å². The van der Waals surface area contributed by atoms with Gasteiger partial charge in [0.15, 0.2) is 0 Å². The Bertz CT molecular complexity index is 1080. The van der Waals surface area contributed by atoms with Crippen LogP contribution in [0.5, 0.6) is 5.75 Å². The second kappa shape index (κ2) is 8.00. The maximum atomic E-state index is 13.7. The fraction of sp³-hybridized carbons (Fsp3) is 0.409. The van der Waals surface area contributed by atoms with Crippen molar-refractivity contribution >= 4 is 15.9 Å². The van der Waals surface area contributed by atoms with Gasteiger partial charge in [-0.1, -0.05) is 0 Å². The van der Waals surface area contributed by atoms with E-state index >= 15 is 0 Å². The number of hydrogen-bond acceptors (Lipinski definition) is 4. The summed E-state index contributed by atoms with van der Waals surface area (Å²) in [7, 11) is -3.87. The van der Waals surface area contributed by atoms with Crippen molar-refractivity contribution in [3.63, 3.8) is 0 Å². The van der Waals surface area contributed by atoms with Crippen molar-refractivity contribution < 1.29 is 22.3 Å². The summed E-state index contributed by atoms with van der Waals surface area (Å²) in [4.78, 5) is 14.6. The number of carbonyl (C=O) groups is 1. The van der Waals surface area contributed by atoms with Crippen molar-refractivity contribution in [1.29, 1.82) is 0 Å². The molecule has 6 nitrogen and oxygen atoms in total. The fourth-order valence-electron chi connectivity index (χ4n) is 3.93. The zero-order valence-electron chi connectivity index (χ0n) is 17.1. The molecule has 2 aromatic carbocycles. The largest absolute Gasteiger partial charge is 0.492 e. The molecule has 160 valence electrons. The highest BCUT2D eigenvalue weighted by Gasteiger charge is 2.33. The molecule has 30 heavy (non-hydrogen) atoms. The Hall–Kier alpha value is -2.45. The lowest BCUT2D eigenvalue weighted by molar-refractivity contribution is 0.0792. The van der Waals surface area contributed by atoms with Crippen molar-refractivity contribution in [2.75, 3.05) is 19.7 Å². The Kier molecular flexibility index (Phi) is 5.55. The highest BCUT2D eigenvalue weighted by molar-refractivity contribution is 7.89. The lowest BCUT2D eigenvalue weighted by Gasteiger charge is -2.25. The highest BCUT2D eigenvalue weighted by atomic mass is 32.2. The molecule has 8 heteroatoms. The molecule has 0 bridgehead atoms. The minimum atomic E-state index is -3.87. The summed E-state index contributed by atoms with van der Waals surface area (Å²) in [5.74, 6) is 0.0839. The maximum absolute atomic E-state index is 13.7. The van der Waals surface area contributed by atoms with Gasteiger partial charge < -0.3 is 9.64 Å². The van der Waals surface area contributed by atoms with Crippen LogP contribution in [-0.2, 0) is 16.6 Å². The second-order valence-electron chi connectivity index (χ2n) is 7.94. The lowest BCUT2D eigenvalue weighted by atomic mass is 10.1. The zero-order valence-corrected chi connectivity index (χ0v) is 17.9. The summed E-state index contributed by atoms with van der Waals surface area (Å²) >= 11 is 0. The molecular weight excluding hydrogens is 407 g/mol. The van der Waals surface area contributed by atoms with Gasteiger partial charge in [-0.3, -0.25) is 4.79 Å². The predicted octanol–water partition coefficient (Wildman–Crippen LogP) is 3.34. The van der Waals surface area contributed by atoms with Crippen LogP contribution in [0.1, 0.15) is 41.3 Å². The first-order valence-corrected chi connectivity index (χ1v) is 11.5. The first-order valence-electron chi connectivity index (χ1n) is 10.1. The first-order chi connectivity index (χ1) is 14.3. The number of fused-ring (bicyclic) bond motifs is 1. The van der Waals surface area contributed by atoms with Gasteiger partial charge >= 0.3 is 0 Å². The average molecular weight is 433 g/mol. The van der Waals surface area contributed by atoms with Crippen LogP contribution in [0, 0.1) is 12.7 Å². The molecule has 0 aliphatic carbocycles. The SMILES string of the molecule is Cc1cc(S(=O)(=O)N2Cc3cc(C(=O)N4CCCC4)ccc3OCC2C)ccc1F. The third-order valence-electron chi connectivity index (χ3n) is 5.73. The van der Waals surface area contributed by atoms with Crippen molar-refractivity contribution in [1.82, 2.24) is 9.21 Å². The normalized spacial score (nSPS) is 19.8. The molecule has 2 aromatic rings. The fourth-order valence-corrected chi connectivity index (χ4v) is 5.61. The van der Waals surface area contributed by atoms with Gasteiger partial charge in [0.2, 0.25) is 10.0 Å². The quantitative estimate of drug-likeness (QED) is 0.746. The van der Waals surface area contributed by atoms with Crippen LogP contribution in [0.15, 0.2) is 41.3 Å². The van der Waals surface area contributed by atoms with Gasteiger partial charge in [0, 0.05) is 30.8 Å². The summed E-state index contributed by atoms with van der Waals surface area (Å²) < 4.78 is 47.5. The summed E-state index contributed by atoms with van der Waals surface area (Å²) in [5, 5.41) is 0. The van der Waals surface area contributed by atoms with Crippen LogP contribution < -0.4 is 4.74 Å². The molecular formula is C22H25FN2O4S. The molecule has 0 aromatic heterocycles. The number of hydrogen-bond donors (Lipinski definition) is 0. The third-order valence-corrected chi connectivity index (χ3v) is 7.69. The Labute approximate surface area is 176 Å². The summed E-state index contributed by atoms with van der Waals surface area (Å²) in [6.07, 6.45) is 2.00. The van der Waals surface area contributed by atoms with E-state index in [-0.39, 0.29) is 29.5 Å². The van der Waals surface area contributed by atoms with Gasteiger partial charge in [0.1, 0.15) is 18.2 Å². The van der Waals surface area contributed by atoms with Crippen LogP contribution in [0.4, 0.5) is 4.39 Å². The molecule has 1 unspecified atom stereocenters. The minimum absolute atomic E-state index is 0.0426. The second-order valence-corrected chi connectivity index (χ2v) is 9.83. The average Bonchev–Trinajstić information content (AvgIpc) is 3.20. The Morgan fingerprint density at radius 1 is 1.13 bits per heavy atom. The van der Waals surface area contributed by atoms with Crippen molar-refractivity contribution in [3.05, 3.63) is 58.9 Å². The molecule has 1 amide bonds. The monoisotopic (exact) mass is 432 g/mol. The van der Waals surface area contributed by atoms with E-state index in [1.807, 2.05) is 4.90 Å². The number of rotatable bonds is 3. The topological polar surface area (TPSA) is 66.9 Å². The summed E-state index contributed by atoms with van der Waals surface area (Å²) in [6, 6.07) is 8.57. The number of likely N-dealkylation sites (tertiary alicyclic amines) is 1. The predicted molar refractivity (Wildman–Crippen MR) is 110 cm³/mol. The number of nitrogens with zero attached hydrogens (tertiary/aromatic N) is 2. The van der Waals surface area contributed by atoms with Gasteiger partial charge in [-0.25, -0.2) is 12.8 Å². The van der Waals surface area contributed by atoms with E-state index in [9.17, 15) is 17.6 Å². The maximum Gasteiger partial charge on any atom is 0.253 e. The molecule has 0 saturated carbocycles. The highest BCUT2D eigenvalue weighted by Crippen LogP contribution is 2.31.